The second-order valence-corrected chi connectivity index (χ2v) is 8.78. The zero-order chi connectivity index (χ0) is 22.6. The number of sulfonamides is 1. The average molecular weight is 443 g/mol. The van der Waals surface area contributed by atoms with Crippen molar-refractivity contribution in [2.75, 3.05) is 23.1 Å². The van der Waals surface area contributed by atoms with Gasteiger partial charge >= 0.3 is 0 Å². The summed E-state index contributed by atoms with van der Waals surface area (Å²) in [6, 6.07) is 13.0. The summed E-state index contributed by atoms with van der Waals surface area (Å²) in [6.45, 7) is 6.83. The largest absolute Gasteiger partial charge is 0.342 e. The normalized spacial score (nSPS) is 11.3. The van der Waals surface area contributed by atoms with E-state index in [1.807, 2.05) is 30.7 Å². The van der Waals surface area contributed by atoms with Gasteiger partial charge in [-0.25, -0.2) is 8.42 Å². The molecule has 1 aromatic heterocycles. The first-order valence-corrected chi connectivity index (χ1v) is 11.5. The minimum atomic E-state index is -3.79. The van der Waals surface area contributed by atoms with Crippen molar-refractivity contribution >= 4 is 44.1 Å². The molecule has 1 heterocycles. The minimum Gasteiger partial charge on any atom is -0.342 e. The van der Waals surface area contributed by atoms with Gasteiger partial charge in [0.1, 0.15) is 6.54 Å². The summed E-state index contributed by atoms with van der Waals surface area (Å²) in [6.07, 6.45) is 1.82. The van der Waals surface area contributed by atoms with Crippen molar-refractivity contribution in [1.82, 2.24) is 9.47 Å². The van der Waals surface area contributed by atoms with Crippen LogP contribution in [0.4, 0.5) is 11.4 Å². The molecule has 31 heavy (non-hydrogen) atoms. The van der Waals surface area contributed by atoms with Crippen molar-refractivity contribution in [3.63, 3.8) is 0 Å². The fourth-order valence-corrected chi connectivity index (χ4v) is 4.41. The fourth-order valence-electron chi connectivity index (χ4n) is 3.36. The predicted molar refractivity (Wildman–Crippen MR) is 121 cm³/mol. The Labute approximate surface area is 181 Å². The highest BCUT2D eigenvalue weighted by molar-refractivity contribution is 7.92. The second-order valence-electron chi connectivity index (χ2n) is 7.09. The molecule has 2 aromatic carbocycles. The molecule has 164 valence electrons. The molecule has 9 heteroatoms. The molecule has 0 radical (unpaired) electrons. The van der Waals surface area contributed by atoms with Crippen LogP contribution in [0.25, 0.3) is 10.9 Å². The van der Waals surface area contributed by atoms with Crippen molar-refractivity contribution in [2.45, 2.75) is 32.2 Å². The van der Waals surface area contributed by atoms with Crippen LogP contribution in [0, 0.1) is 0 Å². The van der Waals surface area contributed by atoms with E-state index in [0.29, 0.717) is 24.5 Å². The molecular weight excluding hydrogens is 416 g/mol. The number of nitrogens with one attached hydrogen (secondary N) is 2. The first-order chi connectivity index (χ1) is 14.7. The molecule has 3 rings (SSSR count). The van der Waals surface area contributed by atoms with E-state index < -0.39 is 10.0 Å². The Balaban J connectivity index is 1.78. The number of benzene rings is 2. The van der Waals surface area contributed by atoms with Gasteiger partial charge in [0.2, 0.25) is 11.8 Å². The first kappa shape index (κ1) is 22.4. The van der Waals surface area contributed by atoms with Crippen molar-refractivity contribution in [1.29, 1.82) is 0 Å². The summed E-state index contributed by atoms with van der Waals surface area (Å²) in [4.78, 5) is 25.4. The molecule has 0 saturated carbocycles. The van der Waals surface area contributed by atoms with Gasteiger partial charge in [0.05, 0.1) is 4.90 Å². The molecule has 0 saturated heterocycles. The van der Waals surface area contributed by atoms with Gasteiger partial charge in [0, 0.05) is 48.5 Å². The van der Waals surface area contributed by atoms with Gasteiger partial charge < -0.3 is 14.8 Å². The maximum Gasteiger partial charge on any atom is 0.261 e. The Hall–Kier alpha value is -3.33. The van der Waals surface area contributed by atoms with E-state index in [1.54, 1.807) is 23.1 Å². The standard InChI is InChI=1S/C22H26N4O4S/c1-4-25(5-2)22(28)15-26-13-12-17-14-19(8-11-21(17)26)24-31(29,30)20-9-6-18(7-10-20)23-16(3)27/h6-14,24H,4-5,15H2,1-3H3,(H,23,27). The summed E-state index contributed by atoms with van der Waals surface area (Å²) in [5, 5.41) is 3.43. The summed E-state index contributed by atoms with van der Waals surface area (Å²) in [5.41, 5.74) is 1.79. The van der Waals surface area contributed by atoms with E-state index >= 15 is 0 Å². The van der Waals surface area contributed by atoms with Crippen molar-refractivity contribution in [3.8, 4) is 0 Å². The zero-order valence-electron chi connectivity index (χ0n) is 17.8. The first-order valence-electron chi connectivity index (χ1n) is 10.0. The maximum absolute atomic E-state index is 12.7. The molecule has 8 nitrogen and oxygen atoms in total. The monoisotopic (exact) mass is 442 g/mol. The van der Waals surface area contributed by atoms with E-state index in [9.17, 15) is 18.0 Å². The number of likely N-dealkylation sites (N-methyl/N-ethyl adjacent to an activating group) is 1. The predicted octanol–water partition coefficient (Wildman–Crippen LogP) is 3.27. The van der Waals surface area contributed by atoms with Crippen molar-refractivity contribution < 1.29 is 18.0 Å². The van der Waals surface area contributed by atoms with Gasteiger partial charge in [-0.05, 0) is 62.4 Å². The highest BCUT2D eigenvalue weighted by atomic mass is 32.2. The Morgan fingerprint density at radius 1 is 0.968 bits per heavy atom. The molecule has 3 aromatic rings. The SMILES string of the molecule is CCN(CC)C(=O)Cn1ccc2cc(NS(=O)(=O)c3ccc(NC(C)=O)cc3)ccc21. The molecule has 0 atom stereocenters. The van der Waals surface area contributed by atoms with Crippen LogP contribution in [-0.4, -0.2) is 42.8 Å². The Kier molecular flexibility index (Phi) is 6.65. The topological polar surface area (TPSA) is 101 Å². The van der Waals surface area contributed by atoms with E-state index in [4.69, 9.17) is 0 Å². The molecule has 2 amide bonds. The lowest BCUT2D eigenvalue weighted by molar-refractivity contribution is -0.131. The zero-order valence-corrected chi connectivity index (χ0v) is 18.6. The Morgan fingerprint density at radius 3 is 2.23 bits per heavy atom. The molecular formula is C22H26N4O4S. The summed E-state index contributed by atoms with van der Waals surface area (Å²) in [5.74, 6) is -0.192. The van der Waals surface area contributed by atoms with Gasteiger partial charge in [-0.15, -0.1) is 0 Å². The summed E-state index contributed by atoms with van der Waals surface area (Å²) in [7, 11) is -3.79. The molecule has 0 aliphatic rings. The summed E-state index contributed by atoms with van der Waals surface area (Å²) >= 11 is 0. The molecule has 0 unspecified atom stereocenters. The summed E-state index contributed by atoms with van der Waals surface area (Å²) < 4.78 is 29.8. The highest BCUT2D eigenvalue weighted by Gasteiger charge is 2.16. The molecule has 0 aliphatic heterocycles. The number of carbonyl (C=O) groups excluding carboxylic acids is 2. The lowest BCUT2D eigenvalue weighted by Crippen LogP contribution is -2.33. The Bertz CT molecular complexity index is 1200. The minimum absolute atomic E-state index is 0.0370. The maximum atomic E-state index is 12.7. The lowest BCUT2D eigenvalue weighted by Gasteiger charge is -2.19. The number of amides is 2. The average Bonchev–Trinajstić information content (AvgIpc) is 3.10. The van der Waals surface area contributed by atoms with Crippen LogP contribution in [0.3, 0.4) is 0 Å². The second kappa shape index (κ2) is 9.22. The number of carbonyl (C=O) groups is 2. The van der Waals surface area contributed by atoms with E-state index in [-0.39, 0.29) is 23.3 Å². The van der Waals surface area contributed by atoms with Crippen molar-refractivity contribution in [2.24, 2.45) is 0 Å². The molecule has 0 fully saturated rings. The fraction of sp³-hybridized carbons (Fsp3) is 0.273. The van der Waals surface area contributed by atoms with E-state index in [0.717, 1.165) is 10.9 Å². The third kappa shape index (κ3) is 5.24. The molecule has 0 bridgehead atoms. The van der Waals surface area contributed by atoms with Crippen LogP contribution in [0.1, 0.15) is 20.8 Å². The highest BCUT2D eigenvalue weighted by Crippen LogP contribution is 2.24. The number of hydrogen-bond donors (Lipinski definition) is 2. The van der Waals surface area contributed by atoms with Crippen LogP contribution in [0.2, 0.25) is 0 Å². The van der Waals surface area contributed by atoms with Crippen LogP contribution in [0.5, 0.6) is 0 Å². The third-order valence-electron chi connectivity index (χ3n) is 4.93. The molecule has 2 N–H and O–H groups in total. The van der Waals surface area contributed by atoms with Gasteiger partial charge in [-0.2, -0.15) is 0 Å². The number of rotatable bonds is 8. The lowest BCUT2D eigenvalue weighted by atomic mass is 10.2. The van der Waals surface area contributed by atoms with Crippen LogP contribution < -0.4 is 10.0 Å². The quantitative estimate of drug-likeness (QED) is 0.559. The number of hydrogen-bond acceptors (Lipinski definition) is 4. The van der Waals surface area contributed by atoms with Gasteiger partial charge in [-0.1, -0.05) is 0 Å². The van der Waals surface area contributed by atoms with Crippen LogP contribution in [0.15, 0.2) is 59.6 Å². The van der Waals surface area contributed by atoms with Crippen LogP contribution in [-0.2, 0) is 26.2 Å². The van der Waals surface area contributed by atoms with Gasteiger partial charge in [-0.3, -0.25) is 14.3 Å². The van der Waals surface area contributed by atoms with Gasteiger partial charge in [0.15, 0.2) is 0 Å². The third-order valence-corrected chi connectivity index (χ3v) is 6.33. The Morgan fingerprint density at radius 2 is 1.61 bits per heavy atom. The van der Waals surface area contributed by atoms with E-state index in [1.165, 1.54) is 31.2 Å². The smallest absolute Gasteiger partial charge is 0.261 e. The number of fused-ring (bicyclic) bond motifs is 1. The van der Waals surface area contributed by atoms with Crippen LogP contribution >= 0.6 is 0 Å². The van der Waals surface area contributed by atoms with Gasteiger partial charge in [0.25, 0.3) is 10.0 Å². The molecule has 0 aliphatic carbocycles. The number of anilines is 2. The molecule has 0 spiro atoms. The number of aromatic nitrogens is 1. The van der Waals surface area contributed by atoms with E-state index in [2.05, 4.69) is 10.0 Å². The van der Waals surface area contributed by atoms with Crippen molar-refractivity contribution in [3.05, 3.63) is 54.7 Å². The number of nitrogens with zero attached hydrogens (tertiary/aromatic N) is 2.